The normalized spacial score (nSPS) is 15.6. The van der Waals surface area contributed by atoms with Crippen molar-refractivity contribution in [2.24, 2.45) is 5.73 Å². The summed E-state index contributed by atoms with van der Waals surface area (Å²) in [5.74, 6) is 1.10. The Labute approximate surface area is 119 Å². The second-order valence-electron chi connectivity index (χ2n) is 4.92. The molecule has 1 aliphatic rings. The first-order valence-electron chi connectivity index (χ1n) is 7.07. The average Bonchev–Trinajstić information content (AvgIpc) is 3.24. The number of amides is 1. The van der Waals surface area contributed by atoms with Crippen molar-refractivity contribution in [3.05, 3.63) is 23.8 Å². The molecule has 1 unspecified atom stereocenters. The Balaban J connectivity index is 2.10. The van der Waals surface area contributed by atoms with Crippen molar-refractivity contribution in [2.45, 2.75) is 45.4 Å². The van der Waals surface area contributed by atoms with Gasteiger partial charge >= 0.3 is 0 Å². The van der Waals surface area contributed by atoms with E-state index in [-0.39, 0.29) is 5.91 Å². The van der Waals surface area contributed by atoms with Crippen molar-refractivity contribution in [1.82, 2.24) is 5.32 Å². The summed E-state index contributed by atoms with van der Waals surface area (Å²) in [6, 6.07) is 5.90. The summed E-state index contributed by atoms with van der Waals surface area (Å²) in [7, 11) is 0. The lowest BCUT2D eigenvalue weighted by atomic mass is 10.2. The smallest absolute Gasteiger partial charge is 0.260 e. The van der Waals surface area contributed by atoms with E-state index in [1.54, 1.807) is 6.92 Å². The lowest BCUT2D eigenvalue weighted by Gasteiger charge is -2.19. The van der Waals surface area contributed by atoms with Gasteiger partial charge in [-0.25, -0.2) is 0 Å². The van der Waals surface area contributed by atoms with Gasteiger partial charge in [0, 0.05) is 18.2 Å². The highest BCUT2D eigenvalue weighted by Crippen LogP contribution is 2.32. The van der Waals surface area contributed by atoms with Gasteiger partial charge in [-0.15, -0.1) is 0 Å². The van der Waals surface area contributed by atoms with E-state index in [0.29, 0.717) is 30.7 Å². The van der Waals surface area contributed by atoms with Gasteiger partial charge in [-0.2, -0.15) is 0 Å². The maximum atomic E-state index is 12.0. The van der Waals surface area contributed by atoms with E-state index in [1.807, 2.05) is 25.1 Å². The first-order valence-corrected chi connectivity index (χ1v) is 7.07. The Hall–Kier alpha value is -1.75. The van der Waals surface area contributed by atoms with Crippen molar-refractivity contribution in [1.29, 1.82) is 0 Å². The van der Waals surface area contributed by atoms with Gasteiger partial charge in [0.1, 0.15) is 0 Å². The zero-order chi connectivity index (χ0) is 14.5. The summed E-state index contributed by atoms with van der Waals surface area (Å²) in [6.07, 6.45) is 1.55. The predicted molar refractivity (Wildman–Crippen MR) is 76.8 cm³/mol. The molecule has 20 heavy (non-hydrogen) atoms. The Morgan fingerprint density at radius 2 is 2.25 bits per heavy atom. The molecule has 1 aliphatic carbocycles. The van der Waals surface area contributed by atoms with Crippen LogP contribution in [-0.4, -0.2) is 24.7 Å². The quantitative estimate of drug-likeness (QED) is 0.794. The number of nitrogens with one attached hydrogen (secondary N) is 1. The summed E-state index contributed by atoms with van der Waals surface area (Å²) in [4.78, 5) is 12.0. The second kappa shape index (κ2) is 6.61. The number of rotatable bonds is 7. The van der Waals surface area contributed by atoms with Crippen LogP contribution in [0.1, 0.15) is 32.3 Å². The highest BCUT2D eigenvalue weighted by atomic mass is 16.5. The molecule has 1 amide bonds. The van der Waals surface area contributed by atoms with Crippen molar-refractivity contribution in [2.75, 3.05) is 6.61 Å². The van der Waals surface area contributed by atoms with E-state index in [9.17, 15) is 4.79 Å². The predicted octanol–water partition coefficient (Wildman–Crippen LogP) is 1.59. The zero-order valence-corrected chi connectivity index (χ0v) is 12.0. The molecule has 0 radical (unpaired) electrons. The summed E-state index contributed by atoms with van der Waals surface area (Å²) < 4.78 is 11.3. The molecule has 1 aromatic rings. The van der Waals surface area contributed by atoms with Crippen LogP contribution < -0.4 is 20.5 Å². The van der Waals surface area contributed by atoms with E-state index in [2.05, 4.69) is 5.32 Å². The Morgan fingerprint density at radius 3 is 2.85 bits per heavy atom. The molecule has 5 nitrogen and oxygen atoms in total. The topological polar surface area (TPSA) is 73.6 Å². The van der Waals surface area contributed by atoms with Crippen LogP contribution in [0.3, 0.4) is 0 Å². The third kappa shape index (κ3) is 3.63. The molecule has 0 aliphatic heterocycles. The van der Waals surface area contributed by atoms with Crippen molar-refractivity contribution in [3.8, 4) is 11.5 Å². The highest BCUT2D eigenvalue weighted by molar-refractivity contribution is 5.81. The lowest BCUT2D eigenvalue weighted by molar-refractivity contribution is -0.127. The number of hydrogen-bond acceptors (Lipinski definition) is 4. The first-order chi connectivity index (χ1) is 9.65. The fourth-order valence-corrected chi connectivity index (χ4v) is 1.90. The van der Waals surface area contributed by atoms with Gasteiger partial charge in [0.2, 0.25) is 0 Å². The highest BCUT2D eigenvalue weighted by Gasteiger charge is 2.27. The minimum absolute atomic E-state index is 0.0956. The van der Waals surface area contributed by atoms with E-state index in [1.165, 1.54) is 0 Å². The van der Waals surface area contributed by atoms with Gasteiger partial charge in [-0.3, -0.25) is 4.79 Å². The molecule has 5 heteroatoms. The summed E-state index contributed by atoms with van der Waals surface area (Å²) in [5.41, 5.74) is 6.56. The van der Waals surface area contributed by atoms with Crippen LogP contribution in [0.15, 0.2) is 18.2 Å². The van der Waals surface area contributed by atoms with Crippen molar-refractivity contribution in [3.63, 3.8) is 0 Å². The number of para-hydroxylation sites is 1. The molecule has 1 saturated carbocycles. The molecule has 2 rings (SSSR count). The Morgan fingerprint density at radius 1 is 1.50 bits per heavy atom. The van der Waals surface area contributed by atoms with Crippen molar-refractivity contribution < 1.29 is 14.3 Å². The van der Waals surface area contributed by atoms with Crippen LogP contribution in [0.4, 0.5) is 0 Å². The van der Waals surface area contributed by atoms with E-state index in [4.69, 9.17) is 15.2 Å². The van der Waals surface area contributed by atoms with Crippen LogP contribution in [0.25, 0.3) is 0 Å². The fourth-order valence-electron chi connectivity index (χ4n) is 1.90. The largest absolute Gasteiger partial charge is 0.490 e. The van der Waals surface area contributed by atoms with Crippen LogP contribution in [0.2, 0.25) is 0 Å². The maximum Gasteiger partial charge on any atom is 0.260 e. The molecule has 0 bridgehead atoms. The first kappa shape index (κ1) is 14.7. The van der Waals surface area contributed by atoms with Gasteiger partial charge in [0.15, 0.2) is 17.6 Å². The SMILES string of the molecule is CCOc1cccc(CN)c1OC(C)C(=O)NC1CC1. The maximum absolute atomic E-state index is 12.0. The summed E-state index contributed by atoms with van der Waals surface area (Å²) in [6.45, 7) is 4.52. The second-order valence-corrected chi connectivity index (χ2v) is 4.92. The van der Waals surface area contributed by atoms with E-state index < -0.39 is 6.10 Å². The molecule has 1 fully saturated rings. The van der Waals surface area contributed by atoms with Gasteiger partial charge in [0.05, 0.1) is 6.61 Å². The molecule has 0 heterocycles. The van der Waals surface area contributed by atoms with Crippen LogP contribution in [0, 0.1) is 0 Å². The molecule has 1 atom stereocenters. The third-order valence-corrected chi connectivity index (χ3v) is 3.17. The number of benzene rings is 1. The van der Waals surface area contributed by atoms with Gasteiger partial charge in [-0.1, -0.05) is 12.1 Å². The molecule has 110 valence electrons. The van der Waals surface area contributed by atoms with E-state index >= 15 is 0 Å². The Kier molecular flexibility index (Phi) is 4.84. The standard InChI is InChI=1S/C15H22N2O3/c1-3-19-13-6-4-5-11(9-16)14(13)20-10(2)15(18)17-12-7-8-12/h4-6,10,12H,3,7-9,16H2,1-2H3,(H,17,18). The zero-order valence-electron chi connectivity index (χ0n) is 12.0. The molecular weight excluding hydrogens is 256 g/mol. The monoisotopic (exact) mass is 278 g/mol. The number of carbonyl (C=O) groups is 1. The molecule has 0 aromatic heterocycles. The number of hydrogen-bond donors (Lipinski definition) is 2. The molecule has 1 aromatic carbocycles. The number of nitrogens with two attached hydrogens (primary N) is 1. The Bertz CT molecular complexity index is 472. The van der Waals surface area contributed by atoms with Crippen LogP contribution >= 0.6 is 0 Å². The fraction of sp³-hybridized carbons (Fsp3) is 0.533. The number of carbonyl (C=O) groups excluding carboxylic acids is 1. The van der Waals surface area contributed by atoms with Gasteiger partial charge in [0.25, 0.3) is 5.91 Å². The number of ether oxygens (including phenoxy) is 2. The summed E-state index contributed by atoms with van der Waals surface area (Å²) >= 11 is 0. The molecule has 0 saturated heterocycles. The third-order valence-electron chi connectivity index (χ3n) is 3.17. The van der Waals surface area contributed by atoms with Crippen molar-refractivity contribution >= 4 is 5.91 Å². The van der Waals surface area contributed by atoms with E-state index in [0.717, 1.165) is 18.4 Å². The molecule has 3 N–H and O–H groups in total. The summed E-state index contributed by atoms with van der Waals surface area (Å²) in [5, 5.41) is 2.93. The minimum Gasteiger partial charge on any atom is -0.490 e. The van der Waals surface area contributed by atoms with Gasteiger partial charge in [-0.05, 0) is 32.8 Å². The van der Waals surface area contributed by atoms with Crippen LogP contribution in [0.5, 0.6) is 11.5 Å². The van der Waals surface area contributed by atoms with Gasteiger partial charge < -0.3 is 20.5 Å². The lowest BCUT2D eigenvalue weighted by Crippen LogP contribution is -2.37. The van der Waals surface area contributed by atoms with Crippen LogP contribution in [-0.2, 0) is 11.3 Å². The average molecular weight is 278 g/mol. The molecular formula is C15H22N2O3. The molecule has 0 spiro atoms. The minimum atomic E-state index is -0.567.